The Morgan fingerprint density at radius 3 is 2.20 bits per heavy atom. The summed E-state index contributed by atoms with van der Waals surface area (Å²) in [7, 11) is 0. The fraction of sp³-hybridized carbons (Fsp3) is 0.762. The first-order valence-electron chi connectivity index (χ1n) is 18.8. The number of hydrogen-bond donors (Lipinski definition) is 1. The van der Waals surface area contributed by atoms with Crippen molar-refractivity contribution in [2.75, 3.05) is 6.61 Å². The van der Waals surface area contributed by atoms with Crippen molar-refractivity contribution in [1.29, 1.82) is 0 Å². The van der Waals surface area contributed by atoms with Crippen LogP contribution in [0.25, 0.3) is 5.57 Å². The average Bonchev–Trinajstić information content (AvgIpc) is 3.61. The summed E-state index contributed by atoms with van der Waals surface area (Å²) in [5.74, 6) is 2.50. The minimum atomic E-state index is -0.516. The molecule has 6 aliphatic rings. The number of ether oxygens (including phenoxy) is 2. The van der Waals surface area contributed by atoms with Gasteiger partial charge in [-0.25, -0.2) is 9.18 Å². The highest BCUT2D eigenvalue weighted by Crippen LogP contribution is 2.77. The van der Waals surface area contributed by atoms with Gasteiger partial charge >= 0.3 is 12.2 Å². The summed E-state index contributed by atoms with van der Waals surface area (Å²) >= 11 is 0. The Labute approximate surface area is 293 Å². The van der Waals surface area contributed by atoms with E-state index in [2.05, 4.69) is 59.0 Å². The zero-order valence-corrected chi connectivity index (χ0v) is 31.7. The number of benzene rings is 1. The number of epoxide rings is 1. The summed E-state index contributed by atoms with van der Waals surface area (Å²) in [4.78, 5) is 29.7. The third kappa shape index (κ3) is 5.55. The maximum absolute atomic E-state index is 14.8. The van der Waals surface area contributed by atoms with Crippen molar-refractivity contribution in [3.8, 4) is 0 Å². The van der Waals surface area contributed by atoms with Crippen LogP contribution in [0, 0.1) is 64.0 Å². The van der Waals surface area contributed by atoms with Crippen LogP contribution in [0.5, 0.6) is 0 Å². The molecule has 10 atom stereocenters. The van der Waals surface area contributed by atoms with Crippen LogP contribution < -0.4 is 5.32 Å². The van der Waals surface area contributed by atoms with E-state index in [4.69, 9.17) is 19.1 Å². The summed E-state index contributed by atoms with van der Waals surface area (Å²) in [6.07, 6.45) is 12.8. The Morgan fingerprint density at radius 2 is 1.59 bits per heavy atom. The Balaban J connectivity index is 0.00000134. The zero-order chi connectivity index (χ0) is 36.0. The monoisotopic (exact) mass is 677 g/mol. The second-order valence-corrected chi connectivity index (χ2v) is 19.3. The molecule has 1 unspecified atom stereocenters. The average molecular weight is 678 g/mol. The highest BCUT2D eigenvalue weighted by Gasteiger charge is 2.72. The smallest absolute Gasteiger partial charge is 0.408 e. The molecule has 49 heavy (non-hydrogen) atoms. The first-order chi connectivity index (χ1) is 22.7. The van der Waals surface area contributed by atoms with E-state index in [-0.39, 0.29) is 50.9 Å². The SMILES string of the molecule is Cc1ccc(C2=CC[C@]3(C)[C@H]4CC[C@@H]5[C@H]6[C@H](C7(C)CO7)CC[C@]6(NC(=O)OC(C)(C)C)CC[C@@]5(C)[C@]4(C)CC[C@H]3C2(C)C)cc1F.O=C=O. The zero-order valence-electron chi connectivity index (χ0n) is 31.7. The predicted molar refractivity (Wildman–Crippen MR) is 188 cm³/mol. The fourth-order valence-corrected chi connectivity index (χ4v) is 13.2. The van der Waals surface area contributed by atoms with Crippen molar-refractivity contribution in [3.63, 3.8) is 0 Å². The van der Waals surface area contributed by atoms with Gasteiger partial charge < -0.3 is 14.8 Å². The second kappa shape index (κ2) is 11.8. The van der Waals surface area contributed by atoms with Crippen LogP contribution in [0.3, 0.4) is 0 Å². The molecule has 1 aromatic rings. The Hall–Kier alpha value is -2.50. The lowest BCUT2D eigenvalue weighted by Crippen LogP contribution is -2.68. The number of rotatable bonds is 3. The minimum absolute atomic E-state index is 0.0265. The minimum Gasteiger partial charge on any atom is -0.444 e. The van der Waals surface area contributed by atoms with Crippen molar-refractivity contribution in [3.05, 3.63) is 41.2 Å². The van der Waals surface area contributed by atoms with Crippen LogP contribution in [0.1, 0.15) is 131 Å². The maximum Gasteiger partial charge on any atom is 0.408 e. The highest BCUT2D eigenvalue weighted by molar-refractivity contribution is 5.72. The van der Waals surface area contributed by atoms with Crippen LogP contribution in [0.4, 0.5) is 9.18 Å². The van der Waals surface area contributed by atoms with Gasteiger partial charge in [-0.2, -0.15) is 9.59 Å². The van der Waals surface area contributed by atoms with E-state index in [9.17, 15) is 9.18 Å². The van der Waals surface area contributed by atoms with E-state index < -0.39 is 5.60 Å². The van der Waals surface area contributed by atoms with E-state index in [1.54, 1.807) is 6.07 Å². The van der Waals surface area contributed by atoms with E-state index in [0.29, 0.717) is 35.2 Å². The predicted octanol–water partition coefficient (Wildman–Crippen LogP) is 9.69. The molecule has 5 aliphatic carbocycles. The molecule has 1 aliphatic heterocycles. The lowest BCUT2D eigenvalue weighted by Gasteiger charge is -2.72. The van der Waals surface area contributed by atoms with Gasteiger partial charge in [0.2, 0.25) is 0 Å². The molecule has 6 nitrogen and oxygen atoms in total. The van der Waals surface area contributed by atoms with E-state index in [1.165, 1.54) is 31.3 Å². The Bertz CT molecular complexity index is 1550. The molecule has 0 spiro atoms. The molecule has 4 saturated carbocycles. The van der Waals surface area contributed by atoms with Gasteiger partial charge in [0, 0.05) is 5.54 Å². The standard InChI is InChI=1S/C41H60FNO3.CO2/c1-25-11-12-26(23-30(25)42)27-15-18-37(7)31(36(27,5)6)17-19-39(9)32(37)14-13-28-33-29(40(10)24-45-40)16-20-41(33,22-21-38(28,39)8)43-34(44)46-35(2,3)4;2-1-3/h11-12,15,23,28-29,31-33H,13-14,16-22,24H2,1-10H3,(H,43,44);/t28-,29-,31+,32-,33+,37+,38-,39-,40?,41+;/m1./s1. The molecule has 5 fully saturated rings. The number of carbonyl (C=O) groups excluding carboxylic acids is 3. The summed E-state index contributed by atoms with van der Waals surface area (Å²) in [6, 6.07) is 5.85. The van der Waals surface area contributed by atoms with Crippen LogP contribution in [-0.2, 0) is 19.1 Å². The Kier molecular flexibility index (Phi) is 8.72. The highest BCUT2D eigenvalue weighted by atomic mass is 19.1. The largest absolute Gasteiger partial charge is 0.444 e. The molecular weight excluding hydrogens is 617 g/mol. The first-order valence-corrected chi connectivity index (χ1v) is 18.8. The molecule has 0 aromatic heterocycles. The van der Waals surface area contributed by atoms with E-state index in [0.717, 1.165) is 44.3 Å². The van der Waals surface area contributed by atoms with E-state index >= 15 is 0 Å². The molecule has 1 saturated heterocycles. The van der Waals surface area contributed by atoms with Crippen molar-refractivity contribution < 1.29 is 28.2 Å². The second-order valence-electron chi connectivity index (χ2n) is 19.3. The van der Waals surface area contributed by atoms with Gasteiger partial charge in [-0.3, -0.25) is 0 Å². The van der Waals surface area contributed by atoms with Crippen LogP contribution in [0.2, 0.25) is 0 Å². The Morgan fingerprint density at radius 1 is 0.918 bits per heavy atom. The topological polar surface area (TPSA) is 85.0 Å². The number of hydrogen-bond acceptors (Lipinski definition) is 5. The number of carbonyl (C=O) groups is 1. The molecule has 7 rings (SSSR count). The maximum atomic E-state index is 14.8. The number of aryl methyl sites for hydroxylation is 1. The quantitative estimate of drug-likeness (QED) is 0.322. The van der Waals surface area contributed by atoms with Crippen molar-refractivity contribution in [1.82, 2.24) is 5.32 Å². The number of nitrogens with one attached hydrogen (secondary N) is 1. The number of alkyl carbamates (subject to hydrolysis) is 1. The normalized spacial score (nSPS) is 43.2. The molecule has 1 N–H and O–H groups in total. The summed E-state index contributed by atoms with van der Waals surface area (Å²) in [6.45, 7) is 23.7. The molecule has 1 amide bonds. The number of amides is 1. The number of fused-ring (bicyclic) bond motifs is 7. The summed E-state index contributed by atoms with van der Waals surface area (Å²) < 4.78 is 26.9. The van der Waals surface area contributed by atoms with Crippen LogP contribution >= 0.6 is 0 Å². The van der Waals surface area contributed by atoms with Crippen molar-refractivity contribution in [2.45, 2.75) is 144 Å². The summed E-state index contributed by atoms with van der Waals surface area (Å²) in [5, 5.41) is 3.56. The van der Waals surface area contributed by atoms with Crippen molar-refractivity contribution in [2.24, 2.45) is 51.2 Å². The van der Waals surface area contributed by atoms with Crippen LogP contribution in [-0.4, -0.2) is 35.6 Å². The van der Waals surface area contributed by atoms with Gasteiger partial charge in [-0.15, -0.1) is 0 Å². The van der Waals surface area contributed by atoms with Gasteiger partial charge in [0.1, 0.15) is 11.4 Å². The number of allylic oxidation sites excluding steroid dienone is 2. The molecule has 1 aromatic carbocycles. The molecule has 0 bridgehead atoms. The summed E-state index contributed by atoms with van der Waals surface area (Å²) in [5.41, 5.74) is 2.88. The molecular formula is C42H60FNO5. The third-order valence-electron chi connectivity index (χ3n) is 15.6. The van der Waals surface area contributed by atoms with Crippen molar-refractivity contribution >= 4 is 17.8 Å². The molecule has 270 valence electrons. The van der Waals surface area contributed by atoms with Gasteiger partial charge in [0.15, 0.2) is 0 Å². The molecule has 7 heteroatoms. The van der Waals surface area contributed by atoms with Gasteiger partial charge in [0.05, 0.1) is 12.2 Å². The molecule has 1 heterocycles. The van der Waals surface area contributed by atoms with E-state index in [1.807, 2.05) is 33.8 Å². The van der Waals surface area contributed by atoms with Crippen LogP contribution in [0.15, 0.2) is 24.3 Å². The van der Waals surface area contributed by atoms with Gasteiger partial charge in [-0.05, 0) is 166 Å². The van der Waals surface area contributed by atoms with Gasteiger partial charge in [-0.1, -0.05) is 52.8 Å². The number of halogens is 1. The van der Waals surface area contributed by atoms with Gasteiger partial charge in [0.25, 0.3) is 0 Å². The lowest BCUT2D eigenvalue weighted by atomic mass is 9.33. The third-order valence-corrected chi connectivity index (χ3v) is 15.6. The first kappa shape index (κ1) is 36.3. The molecule has 0 radical (unpaired) electrons. The lowest BCUT2D eigenvalue weighted by molar-refractivity contribution is -0.221. The fourth-order valence-electron chi connectivity index (χ4n) is 13.2.